The molecule has 0 atom stereocenters. The van der Waals surface area contributed by atoms with Gasteiger partial charge in [-0.1, -0.05) is 20.8 Å². The number of nitrogen functional groups attached to an aromatic ring is 1. The molecular formula is C12H16N4O2. The third-order valence-corrected chi connectivity index (χ3v) is 2.69. The number of fused-ring (bicyclic) bond motifs is 1. The highest BCUT2D eigenvalue weighted by atomic mass is 16.5. The third-order valence-electron chi connectivity index (χ3n) is 2.69. The molecule has 2 aromatic heterocycles. The Morgan fingerprint density at radius 2 is 2.11 bits per heavy atom. The van der Waals surface area contributed by atoms with Crippen LogP contribution in [-0.4, -0.2) is 27.7 Å². The van der Waals surface area contributed by atoms with Gasteiger partial charge in [0.05, 0.1) is 12.8 Å². The summed E-state index contributed by atoms with van der Waals surface area (Å²) in [5, 5.41) is 4.38. The zero-order valence-corrected chi connectivity index (χ0v) is 10.9. The molecule has 0 amide bonds. The van der Waals surface area contributed by atoms with Crippen LogP contribution in [0.1, 0.15) is 36.8 Å². The number of nitrogens with two attached hydrogens (primary N) is 1. The Hall–Kier alpha value is -2.11. The number of rotatable bonds is 1. The largest absolute Gasteiger partial charge is 0.465 e. The number of nitrogens with zero attached hydrogens (tertiary/aromatic N) is 3. The van der Waals surface area contributed by atoms with Gasteiger partial charge in [0, 0.05) is 17.7 Å². The molecule has 0 aromatic carbocycles. The molecule has 2 heterocycles. The van der Waals surface area contributed by atoms with Crippen molar-refractivity contribution in [1.82, 2.24) is 14.6 Å². The van der Waals surface area contributed by atoms with Crippen LogP contribution in [0.5, 0.6) is 0 Å². The molecule has 0 spiro atoms. The Morgan fingerprint density at radius 3 is 2.67 bits per heavy atom. The Kier molecular flexibility index (Phi) is 2.73. The summed E-state index contributed by atoms with van der Waals surface area (Å²) >= 11 is 0. The molecule has 0 fully saturated rings. The van der Waals surface area contributed by atoms with Gasteiger partial charge in [-0.3, -0.25) is 0 Å². The summed E-state index contributed by atoms with van der Waals surface area (Å²) in [6.45, 7) is 6.14. The van der Waals surface area contributed by atoms with Crippen molar-refractivity contribution in [2.75, 3.05) is 12.8 Å². The first-order chi connectivity index (χ1) is 8.34. The summed E-state index contributed by atoms with van der Waals surface area (Å²) in [4.78, 5) is 15.7. The molecule has 2 N–H and O–H groups in total. The Labute approximate surface area is 105 Å². The first kappa shape index (κ1) is 12.3. The van der Waals surface area contributed by atoms with E-state index in [1.807, 2.05) is 26.8 Å². The quantitative estimate of drug-likeness (QED) is 0.771. The zero-order chi connectivity index (χ0) is 13.5. The molecule has 6 nitrogen and oxygen atoms in total. The standard InChI is InChI=1S/C12H16N4O2/c1-12(2,3)8-5-9-14-6-7(11(17)18-4)10(13)16(9)15-8/h5-6H,13H2,1-4H3. The van der Waals surface area contributed by atoms with Crippen LogP contribution in [0.4, 0.5) is 5.82 Å². The molecule has 18 heavy (non-hydrogen) atoms. The maximum Gasteiger partial charge on any atom is 0.343 e. The van der Waals surface area contributed by atoms with Crippen molar-refractivity contribution in [1.29, 1.82) is 0 Å². The van der Waals surface area contributed by atoms with Crippen LogP contribution in [0.25, 0.3) is 5.65 Å². The summed E-state index contributed by atoms with van der Waals surface area (Å²) in [5.74, 6) is -0.281. The number of methoxy groups -OCH3 is 1. The minimum atomic E-state index is -0.519. The van der Waals surface area contributed by atoms with Crippen LogP contribution in [0.15, 0.2) is 12.3 Å². The lowest BCUT2D eigenvalue weighted by Gasteiger charge is -2.13. The number of carbonyl (C=O) groups excluding carboxylic acids is 1. The fourth-order valence-corrected chi connectivity index (χ4v) is 1.59. The smallest absolute Gasteiger partial charge is 0.343 e. The Morgan fingerprint density at radius 1 is 1.44 bits per heavy atom. The molecule has 0 aliphatic heterocycles. The highest BCUT2D eigenvalue weighted by molar-refractivity contribution is 5.94. The van der Waals surface area contributed by atoms with Crippen LogP contribution in [-0.2, 0) is 10.2 Å². The predicted molar refractivity (Wildman–Crippen MR) is 67.4 cm³/mol. The number of ether oxygens (including phenoxy) is 1. The summed E-state index contributed by atoms with van der Waals surface area (Å²) in [7, 11) is 1.30. The van der Waals surface area contributed by atoms with Gasteiger partial charge in [0.15, 0.2) is 5.65 Å². The van der Waals surface area contributed by atoms with Crippen molar-refractivity contribution in [3.05, 3.63) is 23.5 Å². The highest BCUT2D eigenvalue weighted by Gasteiger charge is 2.21. The van der Waals surface area contributed by atoms with Gasteiger partial charge in [0.25, 0.3) is 0 Å². The highest BCUT2D eigenvalue weighted by Crippen LogP contribution is 2.23. The lowest BCUT2D eigenvalue weighted by atomic mass is 9.93. The summed E-state index contributed by atoms with van der Waals surface area (Å²) in [5.41, 5.74) is 7.50. The minimum absolute atomic E-state index is 0.106. The number of carbonyl (C=O) groups is 1. The second kappa shape index (κ2) is 3.97. The van der Waals surface area contributed by atoms with Crippen molar-refractivity contribution in [2.24, 2.45) is 0 Å². The number of hydrogen-bond acceptors (Lipinski definition) is 5. The first-order valence-corrected chi connectivity index (χ1v) is 5.57. The maximum absolute atomic E-state index is 11.5. The van der Waals surface area contributed by atoms with E-state index in [-0.39, 0.29) is 16.8 Å². The van der Waals surface area contributed by atoms with Gasteiger partial charge in [-0.05, 0) is 0 Å². The SMILES string of the molecule is COC(=O)c1cnc2cc(C(C)(C)C)nn2c1N. The summed E-state index contributed by atoms with van der Waals surface area (Å²) in [6, 6.07) is 1.86. The molecule has 0 radical (unpaired) electrons. The molecule has 0 saturated carbocycles. The van der Waals surface area contributed by atoms with E-state index in [0.717, 1.165) is 5.69 Å². The number of aromatic nitrogens is 3. The van der Waals surface area contributed by atoms with Crippen LogP contribution < -0.4 is 5.73 Å². The molecule has 2 aromatic rings. The molecule has 0 saturated heterocycles. The lowest BCUT2D eigenvalue weighted by Crippen LogP contribution is -2.13. The molecule has 0 aliphatic carbocycles. The number of anilines is 1. The van der Waals surface area contributed by atoms with E-state index in [9.17, 15) is 4.79 Å². The Bertz CT molecular complexity index is 610. The van der Waals surface area contributed by atoms with Crippen molar-refractivity contribution >= 4 is 17.4 Å². The van der Waals surface area contributed by atoms with E-state index in [1.165, 1.54) is 17.8 Å². The fourth-order valence-electron chi connectivity index (χ4n) is 1.59. The Balaban J connectivity index is 2.64. The molecule has 6 heteroatoms. The van der Waals surface area contributed by atoms with E-state index in [2.05, 4.69) is 14.8 Å². The molecular weight excluding hydrogens is 232 g/mol. The van der Waals surface area contributed by atoms with Crippen molar-refractivity contribution in [3.63, 3.8) is 0 Å². The van der Waals surface area contributed by atoms with Crippen LogP contribution >= 0.6 is 0 Å². The van der Waals surface area contributed by atoms with Crippen molar-refractivity contribution < 1.29 is 9.53 Å². The second-order valence-corrected chi connectivity index (χ2v) is 5.10. The number of esters is 1. The lowest BCUT2D eigenvalue weighted by molar-refractivity contribution is 0.0601. The monoisotopic (exact) mass is 248 g/mol. The van der Waals surface area contributed by atoms with Gasteiger partial charge in [-0.15, -0.1) is 0 Å². The third kappa shape index (κ3) is 1.90. The van der Waals surface area contributed by atoms with E-state index >= 15 is 0 Å². The maximum atomic E-state index is 11.5. The van der Waals surface area contributed by atoms with Gasteiger partial charge in [-0.25, -0.2) is 9.78 Å². The van der Waals surface area contributed by atoms with E-state index in [4.69, 9.17) is 5.73 Å². The van der Waals surface area contributed by atoms with Gasteiger partial charge in [0.1, 0.15) is 11.4 Å². The molecule has 0 aliphatic rings. The average Bonchev–Trinajstić information content (AvgIpc) is 2.73. The van der Waals surface area contributed by atoms with Gasteiger partial charge < -0.3 is 10.5 Å². The molecule has 0 bridgehead atoms. The zero-order valence-electron chi connectivity index (χ0n) is 10.9. The van der Waals surface area contributed by atoms with E-state index < -0.39 is 5.97 Å². The molecule has 0 unspecified atom stereocenters. The molecule has 96 valence electrons. The van der Waals surface area contributed by atoms with Gasteiger partial charge in [0.2, 0.25) is 0 Å². The van der Waals surface area contributed by atoms with Gasteiger partial charge >= 0.3 is 5.97 Å². The van der Waals surface area contributed by atoms with Crippen molar-refractivity contribution in [2.45, 2.75) is 26.2 Å². The van der Waals surface area contributed by atoms with Gasteiger partial charge in [-0.2, -0.15) is 9.61 Å². The summed E-state index contributed by atoms with van der Waals surface area (Å²) < 4.78 is 6.11. The van der Waals surface area contributed by atoms with Crippen LogP contribution in [0.3, 0.4) is 0 Å². The van der Waals surface area contributed by atoms with Crippen molar-refractivity contribution in [3.8, 4) is 0 Å². The topological polar surface area (TPSA) is 82.5 Å². The predicted octanol–water partition coefficient (Wildman–Crippen LogP) is 1.40. The minimum Gasteiger partial charge on any atom is -0.465 e. The number of hydrogen-bond donors (Lipinski definition) is 1. The van der Waals surface area contributed by atoms with Crippen LogP contribution in [0, 0.1) is 0 Å². The van der Waals surface area contributed by atoms with E-state index in [0.29, 0.717) is 5.65 Å². The van der Waals surface area contributed by atoms with E-state index in [1.54, 1.807) is 0 Å². The molecule has 2 rings (SSSR count). The average molecular weight is 248 g/mol. The fraction of sp³-hybridized carbons (Fsp3) is 0.417. The summed E-state index contributed by atoms with van der Waals surface area (Å²) in [6.07, 6.45) is 1.41. The second-order valence-electron chi connectivity index (χ2n) is 5.10. The van der Waals surface area contributed by atoms with Crippen LogP contribution in [0.2, 0.25) is 0 Å². The first-order valence-electron chi connectivity index (χ1n) is 5.57. The normalized spacial score (nSPS) is 11.8.